The number of methoxy groups -OCH3 is 1. The van der Waals surface area contributed by atoms with Crippen molar-refractivity contribution in [1.29, 1.82) is 0 Å². The maximum absolute atomic E-state index is 11.6. The van der Waals surface area contributed by atoms with E-state index in [0.29, 0.717) is 22.6 Å². The summed E-state index contributed by atoms with van der Waals surface area (Å²) in [5, 5.41) is 13.6. The first-order valence-corrected chi connectivity index (χ1v) is 7.93. The van der Waals surface area contributed by atoms with Gasteiger partial charge in [0.2, 0.25) is 0 Å². The Morgan fingerprint density at radius 3 is 2.59 bits per heavy atom. The lowest BCUT2D eigenvalue weighted by Gasteiger charge is -2.12. The normalized spacial score (nSPS) is 14.6. The number of ether oxygens (including phenoxy) is 2. The largest absolute Gasteiger partial charge is 0.493 e. The van der Waals surface area contributed by atoms with Gasteiger partial charge in [0.1, 0.15) is 12.3 Å². The third-order valence-corrected chi connectivity index (χ3v) is 3.79. The molecule has 0 bridgehead atoms. The van der Waals surface area contributed by atoms with Gasteiger partial charge in [-0.3, -0.25) is 10.1 Å². The van der Waals surface area contributed by atoms with Gasteiger partial charge in [-0.2, -0.15) is 0 Å². The van der Waals surface area contributed by atoms with Crippen LogP contribution in [0.3, 0.4) is 0 Å². The average Bonchev–Trinajstić information content (AvgIpc) is 2.97. The molecule has 2 aromatic rings. The number of carboxylic acid groups (broad SMARTS) is 1. The topological polar surface area (TPSA) is 114 Å². The molecule has 0 aliphatic carbocycles. The molecule has 138 valence electrons. The molecule has 1 heterocycles. The Morgan fingerprint density at radius 1 is 1.11 bits per heavy atom. The summed E-state index contributed by atoms with van der Waals surface area (Å²) < 4.78 is 11.0. The fourth-order valence-corrected chi connectivity index (χ4v) is 2.50. The second-order valence-corrected chi connectivity index (χ2v) is 5.67. The minimum absolute atomic E-state index is 0.140. The van der Waals surface area contributed by atoms with Gasteiger partial charge in [0.15, 0.2) is 11.5 Å². The van der Waals surface area contributed by atoms with Crippen molar-refractivity contribution in [3.05, 3.63) is 64.9 Å². The van der Waals surface area contributed by atoms with Crippen LogP contribution in [0.15, 0.2) is 48.2 Å². The molecule has 3 amide bonds. The Morgan fingerprint density at radius 2 is 1.93 bits per heavy atom. The van der Waals surface area contributed by atoms with E-state index < -0.39 is 17.9 Å². The first-order chi connectivity index (χ1) is 13.0. The highest BCUT2D eigenvalue weighted by molar-refractivity contribution is 6.14. The highest BCUT2D eigenvalue weighted by atomic mass is 16.5. The van der Waals surface area contributed by atoms with E-state index in [1.807, 2.05) is 0 Å². The second-order valence-electron chi connectivity index (χ2n) is 5.67. The smallest absolute Gasteiger partial charge is 0.335 e. The molecule has 2 aromatic carbocycles. The van der Waals surface area contributed by atoms with Crippen LogP contribution in [-0.2, 0) is 11.4 Å². The molecule has 0 spiro atoms. The van der Waals surface area contributed by atoms with Crippen molar-refractivity contribution in [2.75, 3.05) is 7.11 Å². The fourth-order valence-electron chi connectivity index (χ4n) is 2.50. The van der Waals surface area contributed by atoms with Gasteiger partial charge in [-0.05, 0) is 41.5 Å². The molecule has 0 atom stereocenters. The lowest BCUT2D eigenvalue weighted by molar-refractivity contribution is -0.115. The molecule has 27 heavy (non-hydrogen) atoms. The summed E-state index contributed by atoms with van der Waals surface area (Å²) in [4.78, 5) is 33.8. The van der Waals surface area contributed by atoms with Crippen LogP contribution in [0.25, 0.3) is 6.08 Å². The van der Waals surface area contributed by atoms with Gasteiger partial charge in [-0.15, -0.1) is 0 Å². The van der Waals surface area contributed by atoms with Crippen molar-refractivity contribution in [3.8, 4) is 11.5 Å². The number of carbonyl (C=O) groups is 3. The van der Waals surface area contributed by atoms with Crippen LogP contribution >= 0.6 is 0 Å². The summed E-state index contributed by atoms with van der Waals surface area (Å²) in [6, 6.07) is 10.9. The minimum Gasteiger partial charge on any atom is -0.493 e. The molecule has 1 fully saturated rings. The van der Waals surface area contributed by atoms with Crippen LogP contribution in [-0.4, -0.2) is 30.1 Å². The maximum Gasteiger partial charge on any atom is 0.335 e. The Hall–Kier alpha value is -3.81. The molecule has 3 N–H and O–H groups in total. The van der Waals surface area contributed by atoms with Crippen LogP contribution in [0.5, 0.6) is 11.5 Å². The molecular formula is C19H16N2O6. The average molecular weight is 368 g/mol. The fraction of sp³-hybridized carbons (Fsp3) is 0.105. The Labute approximate surface area is 154 Å². The van der Waals surface area contributed by atoms with Gasteiger partial charge in [-0.25, -0.2) is 9.59 Å². The summed E-state index contributed by atoms with van der Waals surface area (Å²) in [5.41, 5.74) is 1.66. The van der Waals surface area contributed by atoms with Crippen molar-refractivity contribution in [1.82, 2.24) is 10.6 Å². The van der Waals surface area contributed by atoms with Gasteiger partial charge in [0.25, 0.3) is 5.91 Å². The van der Waals surface area contributed by atoms with E-state index in [4.69, 9.17) is 14.6 Å². The minimum atomic E-state index is -1.00. The number of hydrogen-bond donors (Lipinski definition) is 3. The van der Waals surface area contributed by atoms with E-state index in [1.165, 1.54) is 25.3 Å². The van der Waals surface area contributed by atoms with E-state index in [1.54, 1.807) is 30.3 Å². The number of carboxylic acids is 1. The second kappa shape index (κ2) is 7.61. The standard InChI is InChI=1S/C19H16N2O6/c1-26-16-9-11(8-14-17(22)21-19(25)20-14)5-6-15(16)27-10-12-3-2-4-13(7-12)18(23)24/h2-9H,10H2,1H3,(H,23,24)(H2,20,21,22,25). The van der Waals surface area contributed by atoms with Gasteiger partial charge in [0.05, 0.1) is 12.7 Å². The van der Waals surface area contributed by atoms with Crippen molar-refractivity contribution < 1.29 is 29.0 Å². The van der Waals surface area contributed by atoms with Crippen LogP contribution < -0.4 is 20.1 Å². The molecule has 0 aromatic heterocycles. The summed E-state index contributed by atoms with van der Waals surface area (Å²) in [7, 11) is 1.48. The monoisotopic (exact) mass is 368 g/mol. The number of nitrogens with one attached hydrogen (secondary N) is 2. The van der Waals surface area contributed by atoms with E-state index in [2.05, 4.69) is 10.6 Å². The number of amides is 3. The van der Waals surface area contributed by atoms with Crippen molar-refractivity contribution in [3.63, 3.8) is 0 Å². The number of hydrogen-bond acceptors (Lipinski definition) is 5. The van der Waals surface area contributed by atoms with Gasteiger partial charge >= 0.3 is 12.0 Å². The maximum atomic E-state index is 11.6. The number of urea groups is 1. The van der Waals surface area contributed by atoms with Crippen molar-refractivity contribution >= 4 is 24.0 Å². The highest BCUT2D eigenvalue weighted by Crippen LogP contribution is 2.29. The molecule has 1 aliphatic heterocycles. The number of imide groups is 1. The van der Waals surface area contributed by atoms with Crippen LogP contribution in [0, 0.1) is 0 Å². The first-order valence-electron chi connectivity index (χ1n) is 7.93. The Bertz CT molecular complexity index is 951. The SMILES string of the molecule is COc1cc(C=C2NC(=O)NC2=O)ccc1OCc1cccc(C(=O)O)c1. The zero-order valence-corrected chi connectivity index (χ0v) is 14.3. The molecule has 3 rings (SSSR count). The number of benzene rings is 2. The zero-order valence-electron chi connectivity index (χ0n) is 14.3. The third-order valence-electron chi connectivity index (χ3n) is 3.79. The van der Waals surface area contributed by atoms with Crippen molar-refractivity contribution in [2.24, 2.45) is 0 Å². The van der Waals surface area contributed by atoms with E-state index >= 15 is 0 Å². The third kappa shape index (κ3) is 4.24. The van der Waals surface area contributed by atoms with Crippen molar-refractivity contribution in [2.45, 2.75) is 6.61 Å². The van der Waals surface area contributed by atoms with Crippen LogP contribution in [0.2, 0.25) is 0 Å². The molecule has 1 saturated heterocycles. The summed E-state index contributed by atoms with van der Waals surface area (Å²) >= 11 is 0. The van der Waals surface area contributed by atoms with Gasteiger partial charge < -0.3 is 19.9 Å². The molecule has 1 aliphatic rings. The lowest BCUT2D eigenvalue weighted by Crippen LogP contribution is -2.22. The molecule has 0 unspecified atom stereocenters. The summed E-state index contributed by atoms with van der Waals surface area (Å²) in [5.74, 6) is -0.615. The molecule has 0 radical (unpaired) electrons. The van der Waals surface area contributed by atoms with Gasteiger partial charge in [0, 0.05) is 0 Å². The number of carbonyl (C=O) groups excluding carboxylic acids is 2. The predicted octanol–water partition coefficient (Wildman–Crippen LogP) is 2.15. The first kappa shape index (κ1) is 18.0. The Kier molecular flexibility index (Phi) is 5.07. The molecular weight excluding hydrogens is 352 g/mol. The van der Waals surface area contributed by atoms with Crippen LogP contribution in [0.1, 0.15) is 21.5 Å². The number of rotatable bonds is 6. The molecule has 8 nitrogen and oxygen atoms in total. The summed E-state index contributed by atoms with van der Waals surface area (Å²) in [6.07, 6.45) is 1.52. The van der Waals surface area contributed by atoms with E-state index in [9.17, 15) is 14.4 Å². The Balaban J connectivity index is 1.76. The van der Waals surface area contributed by atoms with Gasteiger partial charge in [-0.1, -0.05) is 18.2 Å². The molecule has 8 heteroatoms. The zero-order chi connectivity index (χ0) is 19.4. The van der Waals surface area contributed by atoms with Crippen LogP contribution in [0.4, 0.5) is 4.79 Å². The number of aromatic carboxylic acids is 1. The van der Waals surface area contributed by atoms with E-state index in [-0.39, 0.29) is 17.9 Å². The highest BCUT2D eigenvalue weighted by Gasteiger charge is 2.22. The lowest BCUT2D eigenvalue weighted by atomic mass is 10.1. The quantitative estimate of drug-likeness (QED) is 0.532. The van der Waals surface area contributed by atoms with E-state index in [0.717, 1.165) is 0 Å². The summed E-state index contributed by atoms with van der Waals surface area (Å²) in [6.45, 7) is 0.163. The molecule has 0 saturated carbocycles. The predicted molar refractivity (Wildman–Crippen MR) is 95.4 cm³/mol.